The third-order valence-corrected chi connectivity index (χ3v) is 2.29. The summed E-state index contributed by atoms with van der Waals surface area (Å²) in [6, 6.07) is 0. The molecule has 1 rings (SSSR count). The number of halogens is 7. The van der Waals surface area contributed by atoms with Gasteiger partial charge in [0.05, 0.1) is 0 Å². The van der Waals surface area contributed by atoms with Crippen LogP contribution < -0.4 is 0 Å². The predicted octanol–water partition coefficient (Wildman–Crippen LogP) is 4.93. The number of aromatic nitrogens is 1. The van der Waals surface area contributed by atoms with Crippen molar-refractivity contribution in [3.05, 3.63) is 23.5 Å². The summed E-state index contributed by atoms with van der Waals surface area (Å²) in [6.45, 7) is 0. The Kier molecular flexibility index (Phi) is 3.87. The van der Waals surface area contributed by atoms with Crippen LogP contribution in [0.4, 0.5) is 23.2 Å². The minimum absolute atomic E-state index is 1.31. The molecule has 0 spiro atoms. The van der Waals surface area contributed by atoms with Crippen LogP contribution in [0.1, 0.15) is 0 Å². The minimum Gasteiger partial charge on any atom is -0.217 e. The fourth-order valence-corrected chi connectivity index (χ4v) is 1.76. The van der Waals surface area contributed by atoms with E-state index in [1.54, 1.807) is 0 Å². The van der Waals surface area contributed by atoms with Crippen LogP contribution in [0, 0.1) is 23.5 Å². The molecule has 0 atom stereocenters. The molecule has 0 saturated carbocycles. The van der Waals surface area contributed by atoms with Gasteiger partial charge < -0.3 is 0 Å². The fraction of sp³-hybridized carbons (Fsp3) is 0. The van der Waals surface area contributed by atoms with E-state index in [-0.39, 0.29) is 0 Å². The maximum absolute atomic E-state index is 12.9. The van der Waals surface area contributed by atoms with Gasteiger partial charge in [0.15, 0.2) is 0 Å². The van der Waals surface area contributed by atoms with E-state index in [2.05, 4.69) is 9.73 Å². The Hall–Kier alpha value is -0.0300. The molecule has 0 fully saturated rings. The highest BCUT2D eigenvalue weighted by atomic mass is 36.0. The van der Waals surface area contributed by atoms with Gasteiger partial charge in [0.25, 0.3) is 11.9 Å². The molecule has 0 unspecified atom stereocenters. The first-order chi connectivity index (χ1) is 6.72. The highest BCUT2D eigenvalue weighted by Crippen LogP contribution is 2.66. The minimum atomic E-state index is -3.53. The average Bonchev–Trinajstić information content (AvgIpc) is 2.08. The second-order valence-electron chi connectivity index (χ2n) is 2.19. The molecule has 0 aliphatic rings. The van der Waals surface area contributed by atoms with Crippen molar-refractivity contribution in [2.45, 2.75) is 0 Å². The zero-order valence-electron chi connectivity index (χ0n) is 6.49. The molecular weight excluding hydrogens is 301 g/mol. The SMILES string of the molecule is Fc1nc(F)c(F)c(N=P(Cl)(Cl)Cl)c1F. The highest BCUT2D eigenvalue weighted by molar-refractivity contribution is 8.26. The molecule has 1 aromatic heterocycles. The number of hydrogen-bond acceptors (Lipinski definition) is 2. The second-order valence-corrected chi connectivity index (χ2v) is 9.19. The lowest BCUT2D eigenvalue weighted by Crippen LogP contribution is -1.98. The maximum Gasteiger partial charge on any atom is 0.254 e. The summed E-state index contributed by atoms with van der Waals surface area (Å²) in [6.07, 6.45) is 0. The van der Waals surface area contributed by atoms with Gasteiger partial charge in [0.2, 0.25) is 16.7 Å². The number of nitrogens with zero attached hydrogens (tertiary/aromatic N) is 2. The molecule has 2 nitrogen and oxygen atoms in total. The first kappa shape index (κ1) is 13.0. The van der Waals surface area contributed by atoms with Crippen LogP contribution in [-0.4, -0.2) is 4.98 Å². The van der Waals surface area contributed by atoms with E-state index < -0.39 is 34.3 Å². The van der Waals surface area contributed by atoms with Crippen LogP contribution in [0.3, 0.4) is 0 Å². The van der Waals surface area contributed by atoms with Crippen LogP contribution in [0.5, 0.6) is 0 Å². The van der Waals surface area contributed by atoms with Gasteiger partial charge in [-0.1, -0.05) is 0 Å². The van der Waals surface area contributed by atoms with E-state index in [4.69, 9.17) is 33.7 Å². The Balaban J connectivity index is 3.54. The van der Waals surface area contributed by atoms with Crippen molar-refractivity contribution < 1.29 is 17.6 Å². The quantitative estimate of drug-likeness (QED) is 0.410. The van der Waals surface area contributed by atoms with Crippen LogP contribution >= 0.6 is 38.8 Å². The molecular formula is C5Cl3F4N2P. The fourth-order valence-electron chi connectivity index (χ4n) is 0.677. The van der Waals surface area contributed by atoms with Crippen LogP contribution in [0.2, 0.25) is 0 Å². The average molecular weight is 301 g/mol. The van der Waals surface area contributed by atoms with Crippen molar-refractivity contribution in [2.24, 2.45) is 4.74 Å². The normalized spacial score (nSPS) is 11.7. The molecule has 0 radical (unpaired) electrons. The van der Waals surface area contributed by atoms with Gasteiger partial charge in [-0.3, -0.25) is 0 Å². The molecule has 10 heteroatoms. The van der Waals surface area contributed by atoms with Crippen molar-refractivity contribution in [3.8, 4) is 0 Å². The van der Waals surface area contributed by atoms with Gasteiger partial charge in [-0.2, -0.15) is 22.5 Å². The van der Waals surface area contributed by atoms with Gasteiger partial charge >= 0.3 is 0 Å². The summed E-state index contributed by atoms with van der Waals surface area (Å²) in [4.78, 5) is 2.30. The Morgan fingerprint density at radius 2 is 1.33 bits per heavy atom. The van der Waals surface area contributed by atoms with Crippen LogP contribution in [0.15, 0.2) is 4.74 Å². The maximum atomic E-state index is 12.9. The van der Waals surface area contributed by atoms with E-state index in [1.165, 1.54) is 0 Å². The molecule has 0 aromatic carbocycles. The van der Waals surface area contributed by atoms with Gasteiger partial charge in [-0.05, 0) is 33.7 Å². The van der Waals surface area contributed by atoms with Gasteiger partial charge in [-0.25, -0.2) is 4.74 Å². The Morgan fingerprint density at radius 1 is 0.933 bits per heavy atom. The first-order valence-electron chi connectivity index (χ1n) is 3.13. The Morgan fingerprint density at radius 3 is 1.67 bits per heavy atom. The monoisotopic (exact) mass is 300 g/mol. The zero-order valence-corrected chi connectivity index (χ0v) is 9.65. The summed E-state index contributed by atoms with van der Waals surface area (Å²) in [5, 5.41) is -3.53. The molecule has 0 saturated heterocycles. The van der Waals surface area contributed by atoms with E-state index >= 15 is 0 Å². The summed E-state index contributed by atoms with van der Waals surface area (Å²) in [5.41, 5.74) is -1.31. The molecule has 1 heterocycles. The molecule has 15 heavy (non-hydrogen) atoms. The summed E-state index contributed by atoms with van der Waals surface area (Å²) < 4.78 is 53.8. The first-order valence-corrected chi connectivity index (χ1v) is 7.59. The van der Waals surface area contributed by atoms with E-state index in [1.807, 2.05) is 0 Å². The van der Waals surface area contributed by atoms with Crippen molar-refractivity contribution in [1.29, 1.82) is 0 Å². The molecule has 0 bridgehead atoms. The zero-order chi connectivity index (χ0) is 11.8. The summed E-state index contributed by atoms with van der Waals surface area (Å²) in [5.74, 6) is -7.32. The standard InChI is InChI=1S/C5Cl3F4N2P/c6-15(7,8)14-3-1(9)4(11)13-5(12)2(3)10. The van der Waals surface area contributed by atoms with Crippen LogP contribution in [-0.2, 0) is 0 Å². The van der Waals surface area contributed by atoms with Crippen molar-refractivity contribution in [3.63, 3.8) is 0 Å². The van der Waals surface area contributed by atoms with Gasteiger partial charge in [-0.15, -0.1) is 0 Å². The van der Waals surface area contributed by atoms with E-state index in [0.717, 1.165) is 0 Å². The lowest BCUT2D eigenvalue weighted by Gasteiger charge is -2.03. The van der Waals surface area contributed by atoms with Crippen molar-refractivity contribution in [1.82, 2.24) is 4.98 Å². The number of pyridine rings is 1. The molecule has 0 N–H and O–H groups in total. The topological polar surface area (TPSA) is 25.2 Å². The van der Waals surface area contributed by atoms with Crippen LogP contribution in [0.25, 0.3) is 0 Å². The molecule has 1 aromatic rings. The molecule has 0 aliphatic carbocycles. The lowest BCUT2D eigenvalue weighted by atomic mass is 10.4. The predicted molar refractivity (Wildman–Crippen MR) is 50.6 cm³/mol. The van der Waals surface area contributed by atoms with Crippen molar-refractivity contribution >= 4 is 44.5 Å². The van der Waals surface area contributed by atoms with Crippen molar-refractivity contribution in [2.75, 3.05) is 0 Å². The van der Waals surface area contributed by atoms with Gasteiger partial charge in [0.1, 0.15) is 5.69 Å². The van der Waals surface area contributed by atoms with E-state index in [9.17, 15) is 17.6 Å². The largest absolute Gasteiger partial charge is 0.254 e. The third kappa shape index (κ3) is 3.21. The number of rotatable bonds is 1. The Labute approximate surface area is 95.6 Å². The third-order valence-electron chi connectivity index (χ3n) is 1.19. The number of hydrogen-bond donors (Lipinski definition) is 0. The highest BCUT2D eigenvalue weighted by Gasteiger charge is 2.22. The molecule has 84 valence electrons. The van der Waals surface area contributed by atoms with E-state index in [0.29, 0.717) is 0 Å². The second kappa shape index (κ2) is 4.45. The smallest absolute Gasteiger partial charge is 0.217 e. The Bertz CT molecular complexity index is 426. The summed E-state index contributed by atoms with van der Waals surface area (Å²) in [7, 11) is 0. The molecule has 0 amide bonds. The lowest BCUT2D eigenvalue weighted by molar-refractivity contribution is 0.410. The van der Waals surface area contributed by atoms with Gasteiger partial charge in [0, 0.05) is 0 Å². The summed E-state index contributed by atoms with van der Waals surface area (Å²) >= 11 is 15.6. The molecule has 0 aliphatic heterocycles.